The zero-order chi connectivity index (χ0) is 29.0. The number of unbranched alkanes of at least 4 members (excludes halogenated alkanes) is 13. The Kier molecular flexibility index (Phi) is 35.6. The van der Waals surface area contributed by atoms with Crippen LogP contribution in [0.4, 0.5) is 0 Å². The van der Waals surface area contributed by atoms with E-state index in [0.29, 0.717) is 85.7 Å². The Labute approximate surface area is 246 Å². The lowest BCUT2D eigenvalue weighted by Crippen LogP contribution is -2.15. The molecule has 0 radical (unpaired) electrons. The molecule has 0 aromatic carbocycles. The largest absolute Gasteiger partial charge is 0.463 e. The van der Waals surface area contributed by atoms with Gasteiger partial charge in [0, 0.05) is 13.0 Å². The van der Waals surface area contributed by atoms with Crippen molar-refractivity contribution in [3.63, 3.8) is 0 Å². The third-order valence-corrected chi connectivity index (χ3v) is 6.48. The normalized spacial score (nSPS) is 11.3. The van der Waals surface area contributed by atoms with E-state index in [1.54, 1.807) is 0 Å². The molecule has 0 fully saturated rings. The van der Waals surface area contributed by atoms with Gasteiger partial charge in [0.05, 0.1) is 72.7 Å². The fraction of sp³-hybridized carbons (Fsp3) is 0.969. The number of carbonyl (C=O) groups is 1. The van der Waals surface area contributed by atoms with Gasteiger partial charge in [0.1, 0.15) is 6.61 Å². The van der Waals surface area contributed by atoms with Crippen LogP contribution in [0.3, 0.4) is 0 Å². The van der Waals surface area contributed by atoms with Crippen LogP contribution in [0.2, 0.25) is 0 Å². The summed E-state index contributed by atoms with van der Waals surface area (Å²) >= 11 is 0. The zero-order valence-electron chi connectivity index (χ0n) is 26.3. The molecule has 0 unspecified atom stereocenters. The lowest BCUT2D eigenvalue weighted by atomic mass is 10.1. The highest BCUT2D eigenvalue weighted by Crippen LogP contribution is 2.09. The van der Waals surface area contributed by atoms with Crippen LogP contribution in [0.15, 0.2) is 0 Å². The summed E-state index contributed by atoms with van der Waals surface area (Å²) in [5, 5.41) is 0. The standard InChI is InChI=1S/C32H64O8/c1-3-5-7-9-11-13-15-17-19-34-20-21-35-22-23-36-24-25-37-26-27-38-28-29-39-30-31-40-32(33)18-16-14-12-10-8-6-4-2/h3-31H2,1-2H3. The van der Waals surface area contributed by atoms with Crippen molar-refractivity contribution in [1.29, 1.82) is 0 Å². The first-order valence-electron chi connectivity index (χ1n) is 16.4. The molecule has 0 atom stereocenters. The third-order valence-electron chi connectivity index (χ3n) is 6.48. The van der Waals surface area contributed by atoms with Crippen molar-refractivity contribution in [3.05, 3.63) is 0 Å². The van der Waals surface area contributed by atoms with Crippen LogP contribution in [0, 0.1) is 0 Å². The monoisotopic (exact) mass is 576 g/mol. The molecule has 0 saturated heterocycles. The maximum absolute atomic E-state index is 11.7. The van der Waals surface area contributed by atoms with Gasteiger partial charge in [-0.3, -0.25) is 4.79 Å². The third kappa shape index (κ3) is 35.3. The van der Waals surface area contributed by atoms with Crippen molar-refractivity contribution in [2.45, 2.75) is 117 Å². The van der Waals surface area contributed by atoms with E-state index in [2.05, 4.69) is 13.8 Å². The van der Waals surface area contributed by atoms with Crippen LogP contribution in [0.25, 0.3) is 0 Å². The molecule has 0 aromatic heterocycles. The van der Waals surface area contributed by atoms with Gasteiger partial charge < -0.3 is 33.2 Å². The molecule has 0 heterocycles. The van der Waals surface area contributed by atoms with Gasteiger partial charge in [0.25, 0.3) is 0 Å². The van der Waals surface area contributed by atoms with E-state index in [1.165, 1.54) is 77.0 Å². The van der Waals surface area contributed by atoms with Gasteiger partial charge in [0.15, 0.2) is 0 Å². The van der Waals surface area contributed by atoms with E-state index in [1.807, 2.05) is 0 Å². The molecule has 0 bridgehead atoms. The van der Waals surface area contributed by atoms with Crippen LogP contribution in [-0.2, 0) is 38.0 Å². The van der Waals surface area contributed by atoms with Gasteiger partial charge >= 0.3 is 5.97 Å². The summed E-state index contributed by atoms with van der Waals surface area (Å²) in [5.74, 6) is -0.128. The zero-order valence-corrected chi connectivity index (χ0v) is 26.3. The van der Waals surface area contributed by atoms with Gasteiger partial charge in [-0.25, -0.2) is 0 Å². The molecule has 0 spiro atoms. The smallest absolute Gasteiger partial charge is 0.305 e. The van der Waals surface area contributed by atoms with E-state index in [4.69, 9.17) is 33.2 Å². The molecule has 0 aliphatic rings. The van der Waals surface area contributed by atoms with Crippen molar-refractivity contribution in [3.8, 4) is 0 Å². The van der Waals surface area contributed by atoms with Crippen LogP contribution >= 0.6 is 0 Å². The molecule has 8 nitrogen and oxygen atoms in total. The predicted octanol–water partition coefficient (Wildman–Crippen LogP) is 6.91. The number of ether oxygens (including phenoxy) is 7. The molecular formula is C32H64O8. The highest BCUT2D eigenvalue weighted by atomic mass is 16.6. The topological polar surface area (TPSA) is 81.7 Å². The summed E-state index contributed by atoms with van der Waals surface area (Å²) in [5.41, 5.74) is 0. The minimum atomic E-state index is -0.128. The Hall–Kier alpha value is -0.770. The second-order valence-electron chi connectivity index (χ2n) is 10.2. The highest BCUT2D eigenvalue weighted by Gasteiger charge is 2.02. The maximum atomic E-state index is 11.7. The molecular weight excluding hydrogens is 512 g/mol. The summed E-state index contributed by atoms with van der Waals surface area (Å²) in [4.78, 5) is 11.7. The fourth-order valence-corrected chi connectivity index (χ4v) is 4.05. The van der Waals surface area contributed by atoms with Crippen molar-refractivity contribution >= 4 is 5.97 Å². The molecule has 0 saturated carbocycles. The number of rotatable bonds is 35. The quantitative estimate of drug-likeness (QED) is 0.0595. The molecule has 0 N–H and O–H groups in total. The van der Waals surface area contributed by atoms with Crippen LogP contribution in [-0.4, -0.2) is 91.9 Å². The van der Waals surface area contributed by atoms with Crippen LogP contribution < -0.4 is 0 Å². The molecule has 0 aromatic rings. The van der Waals surface area contributed by atoms with Crippen molar-refractivity contribution in [2.75, 3.05) is 85.9 Å². The molecule has 8 heteroatoms. The maximum Gasteiger partial charge on any atom is 0.305 e. The average molecular weight is 577 g/mol. The van der Waals surface area contributed by atoms with Crippen molar-refractivity contribution in [2.24, 2.45) is 0 Å². The van der Waals surface area contributed by atoms with Gasteiger partial charge in [-0.05, 0) is 12.8 Å². The molecule has 240 valence electrons. The Morgan fingerprint density at radius 3 is 1.05 bits per heavy atom. The van der Waals surface area contributed by atoms with Crippen molar-refractivity contribution in [1.82, 2.24) is 0 Å². The summed E-state index contributed by atoms with van der Waals surface area (Å²) in [6, 6.07) is 0. The summed E-state index contributed by atoms with van der Waals surface area (Å²) in [7, 11) is 0. The minimum absolute atomic E-state index is 0.128. The van der Waals surface area contributed by atoms with Gasteiger partial charge in [0.2, 0.25) is 0 Å². The summed E-state index contributed by atoms with van der Waals surface area (Å²) in [6.07, 6.45) is 19.4. The lowest BCUT2D eigenvalue weighted by Gasteiger charge is -2.08. The van der Waals surface area contributed by atoms with E-state index < -0.39 is 0 Å². The summed E-state index contributed by atoms with van der Waals surface area (Å²) in [6.45, 7) is 11.5. The molecule has 0 aliphatic carbocycles. The van der Waals surface area contributed by atoms with E-state index >= 15 is 0 Å². The molecule has 0 aliphatic heterocycles. The van der Waals surface area contributed by atoms with Crippen LogP contribution in [0.1, 0.15) is 117 Å². The first-order chi connectivity index (χ1) is 19.8. The first-order valence-corrected chi connectivity index (χ1v) is 16.4. The Morgan fingerprint density at radius 1 is 0.350 bits per heavy atom. The molecule has 0 rings (SSSR count). The fourth-order valence-electron chi connectivity index (χ4n) is 4.05. The van der Waals surface area contributed by atoms with E-state index in [-0.39, 0.29) is 5.97 Å². The summed E-state index contributed by atoms with van der Waals surface area (Å²) < 4.78 is 38.2. The minimum Gasteiger partial charge on any atom is -0.463 e. The van der Waals surface area contributed by atoms with E-state index in [0.717, 1.165) is 25.9 Å². The van der Waals surface area contributed by atoms with Crippen molar-refractivity contribution < 1.29 is 38.0 Å². The predicted molar refractivity (Wildman–Crippen MR) is 161 cm³/mol. The number of carbonyl (C=O) groups excluding carboxylic acids is 1. The number of esters is 1. The Balaban J connectivity index is 3.09. The SMILES string of the molecule is CCCCCCCCCCOCCOCCOCCOCCOCCOCCOC(=O)CCCCCCCCC. The Bertz CT molecular complexity index is 478. The van der Waals surface area contributed by atoms with Gasteiger partial charge in [-0.1, -0.05) is 97.3 Å². The van der Waals surface area contributed by atoms with Gasteiger partial charge in [-0.15, -0.1) is 0 Å². The molecule has 40 heavy (non-hydrogen) atoms. The van der Waals surface area contributed by atoms with Gasteiger partial charge in [-0.2, -0.15) is 0 Å². The van der Waals surface area contributed by atoms with E-state index in [9.17, 15) is 4.79 Å². The first kappa shape index (κ1) is 39.2. The average Bonchev–Trinajstić information content (AvgIpc) is 2.96. The second-order valence-corrected chi connectivity index (χ2v) is 10.2. The highest BCUT2D eigenvalue weighted by molar-refractivity contribution is 5.69. The molecule has 0 amide bonds. The number of hydrogen-bond donors (Lipinski definition) is 0. The second kappa shape index (κ2) is 36.3. The van der Waals surface area contributed by atoms with Crippen LogP contribution in [0.5, 0.6) is 0 Å². The lowest BCUT2D eigenvalue weighted by molar-refractivity contribution is -0.145. The Morgan fingerprint density at radius 2 is 0.650 bits per heavy atom. The number of hydrogen-bond acceptors (Lipinski definition) is 8.